The molecule has 1 aromatic heterocycles. The predicted octanol–water partition coefficient (Wildman–Crippen LogP) is 4.50. The number of anilines is 1. The molecule has 144 valence electrons. The smallest absolute Gasteiger partial charge is 0.254 e. The molecule has 0 aliphatic rings. The van der Waals surface area contributed by atoms with Crippen molar-refractivity contribution >= 4 is 39.9 Å². The standard InChI is InChI=1S/C19H14ClF2N3O2S/c20-14-4-2-1-3-12(14)16-10-28-19(24-16)25-17(26)7-8-23-18(27)13-6-5-11(21)9-15(13)22/h1-6,9-10H,7-8H2,(H,23,27)(H,24,25,26). The summed E-state index contributed by atoms with van der Waals surface area (Å²) in [6.07, 6.45) is -0.0322. The molecule has 2 amide bonds. The first-order chi connectivity index (χ1) is 13.4. The van der Waals surface area contributed by atoms with Crippen molar-refractivity contribution in [2.24, 2.45) is 0 Å². The van der Waals surface area contributed by atoms with Gasteiger partial charge >= 0.3 is 0 Å². The second-order valence-corrected chi connectivity index (χ2v) is 6.96. The van der Waals surface area contributed by atoms with Crippen LogP contribution in [-0.2, 0) is 4.79 Å². The lowest BCUT2D eigenvalue weighted by molar-refractivity contribution is -0.116. The molecule has 0 fully saturated rings. The SMILES string of the molecule is O=C(CCNC(=O)c1ccc(F)cc1F)Nc1nc(-c2ccccc2Cl)cs1. The van der Waals surface area contributed by atoms with Crippen LogP contribution < -0.4 is 10.6 Å². The molecule has 28 heavy (non-hydrogen) atoms. The molecular formula is C19H14ClF2N3O2S. The lowest BCUT2D eigenvalue weighted by atomic mass is 10.2. The first kappa shape index (κ1) is 19.9. The zero-order valence-electron chi connectivity index (χ0n) is 14.3. The summed E-state index contributed by atoms with van der Waals surface area (Å²) in [4.78, 5) is 28.2. The molecule has 0 saturated heterocycles. The van der Waals surface area contributed by atoms with Gasteiger partial charge in [0.05, 0.1) is 11.3 Å². The normalized spacial score (nSPS) is 10.5. The van der Waals surface area contributed by atoms with Gasteiger partial charge in [0, 0.05) is 35.0 Å². The van der Waals surface area contributed by atoms with E-state index in [1.165, 1.54) is 11.3 Å². The van der Waals surface area contributed by atoms with Crippen LogP contribution in [0.15, 0.2) is 47.8 Å². The highest BCUT2D eigenvalue weighted by Crippen LogP contribution is 2.30. The molecular weight excluding hydrogens is 408 g/mol. The van der Waals surface area contributed by atoms with E-state index in [4.69, 9.17) is 11.6 Å². The lowest BCUT2D eigenvalue weighted by Gasteiger charge is -2.06. The molecule has 5 nitrogen and oxygen atoms in total. The summed E-state index contributed by atoms with van der Waals surface area (Å²) in [6.45, 7) is -0.00969. The van der Waals surface area contributed by atoms with E-state index < -0.39 is 17.5 Å². The Labute approximate surface area is 168 Å². The molecule has 0 aliphatic heterocycles. The fourth-order valence-corrected chi connectivity index (χ4v) is 3.32. The molecule has 0 saturated carbocycles. The lowest BCUT2D eigenvalue weighted by Crippen LogP contribution is -2.28. The van der Waals surface area contributed by atoms with E-state index >= 15 is 0 Å². The van der Waals surface area contributed by atoms with E-state index in [9.17, 15) is 18.4 Å². The van der Waals surface area contributed by atoms with E-state index in [0.29, 0.717) is 21.9 Å². The van der Waals surface area contributed by atoms with E-state index in [2.05, 4.69) is 15.6 Å². The Bertz CT molecular complexity index is 1030. The Morgan fingerprint density at radius 3 is 2.68 bits per heavy atom. The maximum absolute atomic E-state index is 13.5. The summed E-state index contributed by atoms with van der Waals surface area (Å²) < 4.78 is 26.4. The van der Waals surface area contributed by atoms with Crippen LogP contribution >= 0.6 is 22.9 Å². The molecule has 0 spiro atoms. The fourth-order valence-electron chi connectivity index (χ4n) is 2.36. The summed E-state index contributed by atoms with van der Waals surface area (Å²) in [5.74, 6) is -2.81. The van der Waals surface area contributed by atoms with Crippen molar-refractivity contribution in [3.8, 4) is 11.3 Å². The van der Waals surface area contributed by atoms with E-state index in [0.717, 1.165) is 17.7 Å². The summed E-state index contributed by atoms with van der Waals surface area (Å²) in [5.41, 5.74) is 1.12. The average Bonchev–Trinajstić information content (AvgIpc) is 3.10. The van der Waals surface area contributed by atoms with Gasteiger partial charge in [-0.15, -0.1) is 11.3 Å². The molecule has 2 aromatic carbocycles. The molecule has 2 N–H and O–H groups in total. The Morgan fingerprint density at radius 1 is 1.14 bits per heavy atom. The third kappa shape index (κ3) is 4.90. The summed E-state index contributed by atoms with van der Waals surface area (Å²) >= 11 is 7.38. The van der Waals surface area contributed by atoms with Crippen LogP contribution in [0.4, 0.5) is 13.9 Å². The molecule has 0 unspecified atom stereocenters. The highest BCUT2D eigenvalue weighted by atomic mass is 35.5. The van der Waals surface area contributed by atoms with Crippen molar-refractivity contribution in [3.63, 3.8) is 0 Å². The largest absolute Gasteiger partial charge is 0.351 e. The highest BCUT2D eigenvalue weighted by molar-refractivity contribution is 7.14. The van der Waals surface area contributed by atoms with Gasteiger partial charge in [0.2, 0.25) is 5.91 Å². The number of amides is 2. The first-order valence-corrected chi connectivity index (χ1v) is 9.43. The molecule has 1 heterocycles. The van der Waals surface area contributed by atoms with Gasteiger partial charge in [0.15, 0.2) is 5.13 Å². The van der Waals surface area contributed by atoms with Gasteiger partial charge in [-0.3, -0.25) is 9.59 Å². The molecule has 0 radical (unpaired) electrons. The van der Waals surface area contributed by atoms with Gasteiger partial charge in [-0.1, -0.05) is 29.8 Å². The zero-order chi connectivity index (χ0) is 20.1. The van der Waals surface area contributed by atoms with Gasteiger partial charge in [-0.05, 0) is 18.2 Å². The summed E-state index contributed by atoms with van der Waals surface area (Å²) in [5, 5.41) is 7.78. The van der Waals surface area contributed by atoms with Gasteiger partial charge in [-0.25, -0.2) is 13.8 Å². The van der Waals surface area contributed by atoms with Gasteiger partial charge < -0.3 is 10.6 Å². The topological polar surface area (TPSA) is 71.1 Å². The monoisotopic (exact) mass is 421 g/mol. The second kappa shape index (κ2) is 8.90. The Kier molecular flexibility index (Phi) is 6.33. The average molecular weight is 422 g/mol. The number of hydrogen-bond donors (Lipinski definition) is 2. The minimum Gasteiger partial charge on any atom is -0.351 e. The number of rotatable bonds is 6. The van der Waals surface area contributed by atoms with Crippen molar-refractivity contribution in [1.29, 1.82) is 0 Å². The Hall–Kier alpha value is -2.84. The number of carbonyl (C=O) groups is 2. The minimum atomic E-state index is -0.961. The van der Waals surface area contributed by atoms with Gasteiger partial charge in [0.25, 0.3) is 5.91 Å². The number of nitrogens with one attached hydrogen (secondary N) is 2. The number of benzene rings is 2. The van der Waals surface area contributed by atoms with Crippen molar-refractivity contribution in [1.82, 2.24) is 10.3 Å². The van der Waals surface area contributed by atoms with Crippen LogP contribution in [0, 0.1) is 11.6 Å². The summed E-state index contributed by atoms with van der Waals surface area (Å²) in [6, 6.07) is 9.89. The van der Waals surface area contributed by atoms with Crippen LogP contribution in [0.2, 0.25) is 5.02 Å². The fraction of sp³-hybridized carbons (Fsp3) is 0.105. The van der Waals surface area contributed by atoms with Crippen molar-refractivity contribution in [2.75, 3.05) is 11.9 Å². The van der Waals surface area contributed by atoms with E-state index in [1.807, 2.05) is 18.2 Å². The van der Waals surface area contributed by atoms with Crippen LogP contribution in [0.1, 0.15) is 16.8 Å². The zero-order valence-corrected chi connectivity index (χ0v) is 15.9. The third-order valence-electron chi connectivity index (χ3n) is 3.71. The highest BCUT2D eigenvalue weighted by Gasteiger charge is 2.13. The molecule has 0 aliphatic carbocycles. The third-order valence-corrected chi connectivity index (χ3v) is 4.80. The number of thiazole rings is 1. The van der Waals surface area contributed by atoms with Crippen molar-refractivity contribution in [2.45, 2.75) is 6.42 Å². The van der Waals surface area contributed by atoms with Gasteiger partial charge in [-0.2, -0.15) is 0 Å². The number of carbonyl (C=O) groups excluding carboxylic acids is 2. The van der Waals surface area contributed by atoms with E-state index in [-0.39, 0.29) is 24.4 Å². The number of halogens is 3. The maximum atomic E-state index is 13.5. The predicted molar refractivity (Wildman–Crippen MR) is 104 cm³/mol. The van der Waals surface area contributed by atoms with E-state index in [1.54, 1.807) is 11.4 Å². The van der Waals surface area contributed by atoms with Crippen molar-refractivity contribution in [3.05, 3.63) is 70.1 Å². The second-order valence-electron chi connectivity index (χ2n) is 5.70. The minimum absolute atomic E-state index is 0.00969. The quantitative estimate of drug-likeness (QED) is 0.615. The Balaban J connectivity index is 1.51. The molecule has 0 bridgehead atoms. The maximum Gasteiger partial charge on any atom is 0.254 e. The van der Waals surface area contributed by atoms with Gasteiger partial charge in [0.1, 0.15) is 11.6 Å². The summed E-state index contributed by atoms with van der Waals surface area (Å²) in [7, 11) is 0. The van der Waals surface area contributed by atoms with Crippen LogP contribution in [0.3, 0.4) is 0 Å². The number of hydrogen-bond acceptors (Lipinski definition) is 4. The Morgan fingerprint density at radius 2 is 1.93 bits per heavy atom. The molecule has 0 atom stereocenters. The van der Waals surface area contributed by atoms with Crippen LogP contribution in [-0.4, -0.2) is 23.3 Å². The first-order valence-electron chi connectivity index (χ1n) is 8.17. The van der Waals surface area contributed by atoms with Crippen LogP contribution in [0.5, 0.6) is 0 Å². The number of nitrogens with zero attached hydrogens (tertiary/aromatic N) is 1. The molecule has 9 heteroatoms. The van der Waals surface area contributed by atoms with Crippen molar-refractivity contribution < 1.29 is 18.4 Å². The van der Waals surface area contributed by atoms with Crippen LogP contribution in [0.25, 0.3) is 11.3 Å². The number of aromatic nitrogens is 1. The molecule has 3 rings (SSSR count). The molecule has 3 aromatic rings.